The first-order valence-corrected chi connectivity index (χ1v) is 6.99. The molecule has 0 fully saturated rings. The summed E-state index contributed by atoms with van der Waals surface area (Å²) in [5, 5.41) is 8.29. The Bertz CT molecular complexity index is 725. The summed E-state index contributed by atoms with van der Waals surface area (Å²) in [5.41, 5.74) is 2.64. The van der Waals surface area contributed by atoms with Crippen LogP contribution in [-0.2, 0) is 6.61 Å². The van der Waals surface area contributed by atoms with E-state index in [1.807, 2.05) is 66.7 Å². The third-order valence-electron chi connectivity index (χ3n) is 3.01. The standard InChI is InChI=1S/C18H15N3O/c1-2-5-15(6-3-1)14-22-18-10-8-16(9-11-18)20-21-17-7-4-12-19-13-17/h1-13H,14H2. The Morgan fingerprint density at radius 1 is 0.773 bits per heavy atom. The van der Waals surface area contributed by atoms with Gasteiger partial charge in [-0.3, -0.25) is 4.98 Å². The van der Waals surface area contributed by atoms with Crippen LogP contribution in [0.15, 0.2) is 89.4 Å². The molecule has 4 nitrogen and oxygen atoms in total. The maximum Gasteiger partial charge on any atom is 0.119 e. The Kier molecular flexibility index (Phi) is 4.52. The van der Waals surface area contributed by atoms with Gasteiger partial charge in [-0.05, 0) is 42.0 Å². The number of azo groups is 1. The predicted octanol–water partition coefficient (Wildman–Crippen LogP) is 5.08. The number of hydrogen-bond acceptors (Lipinski definition) is 4. The van der Waals surface area contributed by atoms with Crippen LogP contribution < -0.4 is 4.74 Å². The van der Waals surface area contributed by atoms with Crippen LogP contribution in [0.3, 0.4) is 0 Å². The van der Waals surface area contributed by atoms with Crippen molar-refractivity contribution in [2.45, 2.75) is 6.61 Å². The second-order valence-corrected chi connectivity index (χ2v) is 4.68. The number of aromatic nitrogens is 1. The number of nitrogens with zero attached hydrogens (tertiary/aromatic N) is 3. The van der Waals surface area contributed by atoms with Crippen LogP contribution in [0.1, 0.15) is 5.56 Å². The van der Waals surface area contributed by atoms with Gasteiger partial charge in [0.15, 0.2) is 0 Å². The molecule has 0 unspecified atom stereocenters. The molecule has 1 aromatic heterocycles. The average Bonchev–Trinajstić information content (AvgIpc) is 2.61. The highest BCUT2D eigenvalue weighted by Gasteiger charge is 1.96. The van der Waals surface area contributed by atoms with Crippen LogP contribution in [0, 0.1) is 0 Å². The second kappa shape index (κ2) is 7.13. The number of ether oxygens (including phenoxy) is 1. The van der Waals surface area contributed by atoms with E-state index in [0.717, 1.165) is 22.7 Å². The molecule has 0 N–H and O–H groups in total. The van der Waals surface area contributed by atoms with E-state index in [1.54, 1.807) is 12.4 Å². The highest BCUT2D eigenvalue weighted by atomic mass is 16.5. The van der Waals surface area contributed by atoms with Crippen molar-refractivity contribution in [3.63, 3.8) is 0 Å². The Labute approximate surface area is 129 Å². The highest BCUT2D eigenvalue weighted by molar-refractivity contribution is 5.42. The van der Waals surface area contributed by atoms with Gasteiger partial charge in [-0.25, -0.2) is 0 Å². The van der Waals surface area contributed by atoms with Crippen LogP contribution in [0.4, 0.5) is 11.4 Å². The second-order valence-electron chi connectivity index (χ2n) is 4.68. The summed E-state index contributed by atoms with van der Waals surface area (Å²) in [7, 11) is 0. The summed E-state index contributed by atoms with van der Waals surface area (Å²) in [6.07, 6.45) is 3.37. The normalized spacial score (nSPS) is 10.7. The van der Waals surface area contributed by atoms with E-state index in [2.05, 4.69) is 15.2 Å². The minimum absolute atomic E-state index is 0.553. The lowest BCUT2D eigenvalue weighted by atomic mass is 10.2. The van der Waals surface area contributed by atoms with Gasteiger partial charge in [0.25, 0.3) is 0 Å². The molecular formula is C18H15N3O. The van der Waals surface area contributed by atoms with Gasteiger partial charge in [0.1, 0.15) is 18.0 Å². The van der Waals surface area contributed by atoms with Crippen molar-refractivity contribution < 1.29 is 4.74 Å². The van der Waals surface area contributed by atoms with Crippen LogP contribution in [-0.4, -0.2) is 4.98 Å². The van der Waals surface area contributed by atoms with E-state index < -0.39 is 0 Å². The zero-order valence-electron chi connectivity index (χ0n) is 12.0. The van der Waals surface area contributed by atoms with Gasteiger partial charge in [0.2, 0.25) is 0 Å². The Hall–Kier alpha value is -3.01. The van der Waals surface area contributed by atoms with Gasteiger partial charge < -0.3 is 4.74 Å². The molecule has 0 aliphatic heterocycles. The molecule has 0 spiro atoms. The maximum atomic E-state index is 5.73. The Morgan fingerprint density at radius 2 is 1.55 bits per heavy atom. The lowest BCUT2D eigenvalue weighted by Crippen LogP contribution is -1.94. The molecule has 108 valence electrons. The molecule has 4 heteroatoms. The number of hydrogen-bond donors (Lipinski definition) is 0. The summed E-state index contributed by atoms with van der Waals surface area (Å²) < 4.78 is 5.73. The zero-order chi connectivity index (χ0) is 15.0. The molecule has 0 saturated heterocycles. The lowest BCUT2D eigenvalue weighted by Gasteiger charge is -2.06. The van der Waals surface area contributed by atoms with Gasteiger partial charge in [0.05, 0.1) is 11.9 Å². The number of benzene rings is 2. The Morgan fingerprint density at radius 3 is 2.27 bits per heavy atom. The fraction of sp³-hybridized carbons (Fsp3) is 0.0556. The molecular weight excluding hydrogens is 274 g/mol. The molecule has 1 heterocycles. The summed E-state index contributed by atoms with van der Waals surface area (Å²) in [5.74, 6) is 0.809. The number of pyridine rings is 1. The van der Waals surface area contributed by atoms with Crippen molar-refractivity contribution in [2.75, 3.05) is 0 Å². The van der Waals surface area contributed by atoms with Crippen molar-refractivity contribution in [3.05, 3.63) is 84.7 Å². The van der Waals surface area contributed by atoms with Gasteiger partial charge >= 0.3 is 0 Å². The SMILES string of the molecule is c1ccc(COc2ccc(N=Nc3cccnc3)cc2)cc1. The van der Waals surface area contributed by atoms with Crippen molar-refractivity contribution >= 4 is 11.4 Å². The first-order valence-electron chi connectivity index (χ1n) is 6.99. The van der Waals surface area contributed by atoms with E-state index >= 15 is 0 Å². The third-order valence-corrected chi connectivity index (χ3v) is 3.01. The van der Waals surface area contributed by atoms with Gasteiger partial charge in [-0.1, -0.05) is 30.3 Å². The fourth-order valence-corrected chi connectivity index (χ4v) is 1.88. The molecule has 0 atom stereocenters. The third kappa shape index (κ3) is 3.99. The molecule has 3 rings (SSSR count). The van der Waals surface area contributed by atoms with E-state index in [9.17, 15) is 0 Å². The monoisotopic (exact) mass is 289 g/mol. The van der Waals surface area contributed by atoms with Gasteiger partial charge in [0, 0.05) is 6.20 Å². The highest BCUT2D eigenvalue weighted by Crippen LogP contribution is 2.21. The van der Waals surface area contributed by atoms with Gasteiger partial charge in [-0.2, -0.15) is 5.11 Å². The minimum atomic E-state index is 0.553. The predicted molar refractivity (Wildman–Crippen MR) is 85.6 cm³/mol. The molecule has 2 aromatic carbocycles. The molecule has 22 heavy (non-hydrogen) atoms. The van der Waals surface area contributed by atoms with Crippen LogP contribution in [0.5, 0.6) is 5.75 Å². The van der Waals surface area contributed by atoms with Gasteiger partial charge in [-0.15, -0.1) is 5.11 Å². The fourth-order valence-electron chi connectivity index (χ4n) is 1.88. The molecule has 3 aromatic rings. The summed E-state index contributed by atoms with van der Waals surface area (Å²) in [6.45, 7) is 0.553. The van der Waals surface area contributed by atoms with Crippen molar-refractivity contribution in [1.29, 1.82) is 0 Å². The van der Waals surface area contributed by atoms with Crippen molar-refractivity contribution in [1.82, 2.24) is 4.98 Å². The van der Waals surface area contributed by atoms with Crippen molar-refractivity contribution in [2.24, 2.45) is 10.2 Å². The average molecular weight is 289 g/mol. The van der Waals surface area contributed by atoms with Crippen LogP contribution in [0.25, 0.3) is 0 Å². The Balaban J connectivity index is 1.59. The number of rotatable bonds is 5. The van der Waals surface area contributed by atoms with Crippen LogP contribution in [0.2, 0.25) is 0 Å². The molecule has 0 amide bonds. The van der Waals surface area contributed by atoms with E-state index in [-0.39, 0.29) is 0 Å². The lowest BCUT2D eigenvalue weighted by molar-refractivity contribution is 0.306. The van der Waals surface area contributed by atoms with E-state index in [0.29, 0.717) is 6.61 Å². The molecule has 0 aliphatic rings. The maximum absolute atomic E-state index is 5.73. The quantitative estimate of drug-likeness (QED) is 0.615. The summed E-state index contributed by atoms with van der Waals surface area (Å²) >= 11 is 0. The van der Waals surface area contributed by atoms with Crippen LogP contribution >= 0.6 is 0 Å². The topological polar surface area (TPSA) is 46.8 Å². The largest absolute Gasteiger partial charge is 0.489 e. The summed E-state index contributed by atoms with van der Waals surface area (Å²) in [4.78, 5) is 3.99. The molecule has 0 saturated carbocycles. The molecule has 0 bridgehead atoms. The summed E-state index contributed by atoms with van der Waals surface area (Å²) in [6, 6.07) is 21.3. The zero-order valence-corrected chi connectivity index (χ0v) is 12.0. The molecule has 0 aliphatic carbocycles. The van der Waals surface area contributed by atoms with E-state index in [4.69, 9.17) is 4.74 Å². The van der Waals surface area contributed by atoms with Crippen molar-refractivity contribution in [3.8, 4) is 5.75 Å². The smallest absolute Gasteiger partial charge is 0.119 e. The first-order chi connectivity index (χ1) is 10.9. The minimum Gasteiger partial charge on any atom is -0.489 e. The first kappa shape index (κ1) is 13.9. The molecule has 0 radical (unpaired) electrons. The van der Waals surface area contributed by atoms with E-state index in [1.165, 1.54) is 0 Å².